The number of benzene rings is 1. The molecule has 0 saturated carbocycles. The van der Waals surface area contributed by atoms with Crippen molar-refractivity contribution in [3.05, 3.63) is 35.1 Å². The summed E-state index contributed by atoms with van der Waals surface area (Å²) in [6.07, 6.45) is 5.08. The van der Waals surface area contributed by atoms with Gasteiger partial charge in [0.1, 0.15) is 5.82 Å². The van der Waals surface area contributed by atoms with Crippen LogP contribution in [0.3, 0.4) is 0 Å². The third kappa shape index (κ3) is 5.31. The third-order valence-corrected chi connectivity index (χ3v) is 3.19. The fourth-order valence-corrected chi connectivity index (χ4v) is 1.94. The van der Waals surface area contributed by atoms with Gasteiger partial charge in [-0.3, -0.25) is 0 Å². The number of hydrogen-bond donors (Lipinski definition) is 1. The van der Waals surface area contributed by atoms with E-state index in [0.717, 1.165) is 12.1 Å². The second kappa shape index (κ2) is 7.44. The Bertz CT molecular complexity index is 336. The highest BCUT2D eigenvalue weighted by molar-refractivity contribution is 5.26. The van der Waals surface area contributed by atoms with E-state index in [-0.39, 0.29) is 5.82 Å². The van der Waals surface area contributed by atoms with Crippen LogP contribution in [0.4, 0.5) is 4.39 Å². The number of hydrogen-bond acceptors (Lipinski definition) is 1. The minimum Gasteiger partial charge on any atom is -0.310 e. The molecular formula is C15H24FN. The van der Waals surface area contributed by atoms with Crippen molar-refractivity contribution in [2.24, 2.45) is 0 Å². The van der Waals surface area contributed by atoms with Crippen molar-refractivity contribution in [3.63, 3.8) is 0 Å². The topological polar surface area (TPSA) is 12.0 Å². The van der Waals surface area contributed by atoms with Crippen molar-refractivity contribution in [2.75, 3.05) is 0 Å². The minimum absolute atomic E-state index is 0.151. The van der Waals surface area contributed by atoms with Crippen LogP contribution in [0, 0.1) is 12.7 Å². The molecule has 0 fully saturated rings. The molecule has 0 spiro atoms. The Morgan fingerprint density at radius 3 is 2.71 bits per heavy atom. The van der Waals surface area contributed by atoms with Gasteiger partial charge in [0.05, 0.1) is 0 Å². The van der Waals surface area contributed by atoms with Gasteiger partial charge in [0, 0.05) is 12.6 Å². The van der Waals surface area contributed by atoms with E-state index >= 15 is 0 Å². The second-order valence-corrected chi connectivity index (χ2v) is 4.85. The Morgan fingerprint density at radius 1 is 1.29 bits per heavy atom. The van der Waals surface area contributed by atoms with E-state index in [1.165, 1.54) is 37.3 Å². The zero-order valence-electron chi connectivity index (χ0n) is 11.2. The summed E-state index contributed by atoms with van der Waals surface area (Å²) in [5.41, 5.74) is 2.21. The van der Waals surface area contributed by atoms with Crippen LogP contribution in [0.1, 0.15) is 50.7 Å². The van der Waals surface area contributed by atoms with Gasteiger partial charge in [-0.05, 0) is 43.5 Å². The zero-order chi connectivity index (χ0) is 12.7. The molecule has 1 unspecified atom stereocenters. The number of nitrogens with one attached hydrogen (secondary N) is 1. The summed E-state index contributed by atoms with van der Waals surface area (Å²) in [4.78, 5) is 0. The van der Waals surface area contributed by atoms with Gasteiger partial charge in [-0.1, -0.05) is 32.3 Å². The van der Waals surface area contributed by atoms with Crippen LogP contribution in [0.15, 0.2) is 18.2 Å². The van der Waals surface area contributed by atoms with Gasteiger partial charge in [0.15, 0.2) is 0 Å². The summed E-state index contributed by atoms with van der Waals surface area (Å²) in [5.74, 6) is -0.151. The van der Waals surface area contributed by atoms with Gasteiger partial charge in [-0.2, -0.15) is 0 Å². The molecule has 0 aliphatic heterocycles. The van der Waals surface area contributed by atoms with E-state index in [2.05, 4.69) is 19.2 Å². The SMILES string of the molecule is CCCCCC(C)NCc1ccc(F)cc1C. The number of aryl methyl sites for hydroxylation is 1. The predicted octanol–water partition coefficient (Wildman–Crippen LogP) is 4.19. The molecule has 0 saturated heterocycles. The number of halogens is 1. The predicted molar refractivity (Wildman–Crippen MR) is 71.6 cm³/mol. The largest absolute Gasteiger partial charge is 0.310 e. The van der Waals surface area contributed by atoms with Crippen LogP contribution in [-0.2, 0) is 6.54 Å². The maximum Gasteiger partial charge on any atom is 0.123 e. The molecule has 1 aromatic carbocycles. The smallest absolute Gasteiger partial charge is 0.123 e. The van der Waals surface area contributed by atoms with E-state index in [0.29, 0.717) is 6.04 Å². The molecule has 1 rings (SSSR count). The second-order valence-electron chi connectivity index (χ2n) is 4.85. The molecule has 96 valence electrons. The van der Waals surface area contributed by atoms with Crippen molar-refractivity contribution in [2.45, 2.75) is 59.0 Å². The summed E-state index contributed by atoms with van der Waals surface area (Å²) in [5, 5.41) is 3.50. The van der Waals surface area contributed by atoms with Crippen LogP contribution in [0.25, 0.3) is 0 Å². The first-order valence-corrected chi connectivity index (χ1v) is 6.62. The number of rotatable bonds is 7. The van der Waals surface area contributed by atoms with Gasteiger partial charge >= 0.3 is 0 Å². The van der Waals surface area contributed by atoms with Gasteiger partial charge in [0.2, 0.25) is 0 Å². The molecular weight excluding hydrogens is 213 g/mol. The van der Waals surface area contributed by atoms with Crippen molar-refractivity contribution in [1.82, 2.24) is 5.32 Å². The van der Waals surface area contributed by atoms with Gasteiger partial charge in [0.25, 0.3) is 0 Å². The molecule has 0 amide bonds. The first-order chi connectivity index (χ1) is 8.13. The molecule has 0 heterocycles. The average molecular weight is 237 g/mol. The maximum absolute atomic E-state index is 12.9. The lowest BCUT2D eigenvalue weighted by atomic mass is 10.1. The van der Waals surface area contributed by atoms with E-state index in [4.69, 9.17) is 0 Å². The lowest BCUT2D eigenvalue weighted by molar-refractivity contribution is 0.486. The Hall–Kier alpha value is -0.890. The molecule has 2 heteroatoms. The quantitative estimate of drug-likeness (QED) is 0.701. The molecule has 0 aliphatic rings. The Labute approximate surface area is 104 Å². The van der Waals surface area contributed by atoms with E-state index < -0.39 is 0 Å². The molecule has 1 aromatic rings. The molecule has 17 heavy (non-hydrogen) atoms. The Balaban J connectivity index is 2.34. The zero-order valence-corrected chi connectivity index (χ0v) is 11.2. The molecule has 1 N–H and O–H groups in total. The van der Waals surface area contributed by atoms with Gasteiger partial charge in [-0.25, -0.2) is 4.39 Å². The highest BCUT2D eigenvalue weighted by Crippen LogP contribution is 2.11. The van der Waals surface area contributed by atoms with Gasteiger partial charge < -0.3 is 5.32 Å². The van der Waals surface area contributed by atoms with E-state index in [1.807, 2.05) is 13.0 Å². The highest BCUT2D eigenvalue weighted by Gasteiger charge is 2.03. The van der Waals surface area contributed by atoms with Crippen molar-refractivity contribution in [1.29, 1.82) is 0 Å². The van der Waals surface area contributed by atoms with Crippen LogP contribution in [0.5, 0.6) is 0 Å². The molecule has 0 bridgehead atoms. The minimum atomic E-state index is -0.151. The normalized spacial score (nSPS) is 12.7. The summed E-state index contributed by atoms with van der Waals surface area (Å²) in [6, 6.07) is 5.53. The summed E-state index contributed by atoms with van der Waals surface area (Å²) in [6.45, 7) is 7.23. The lowest BCUT2D eigenvalue weighted by Crippen LogP contribution is -2.25. The first-order valence-electron chi connectivity index (χ1n) is 6.62. The summed E-state index contributed by atoms with van der Waals surface area (Å²) < 4.78 is 12.9. The fraction of sp³-hybridized carbons (Fsp3) is 0.600. The summed E-state index contributed by atoms with van der Waals surface area (Å²) in [7, 11) is 0. The Morgan fingerprint density at radius 2 is 2.06 bits per heavy atom. The molecule has 1 atom stereocenters. The van der Waals surface area contributed by atoms with Crippen LogP contribution < -0.4 is 5.32 Å². The van der Waals surface area contributed by atoms with E-state index in [1.54, 1.807) is 6.07 Å². The highest BCUT2D eigenvalue weighted by atomic mass is 19.1. The Kier molecular flexibility index (Phi) is 6.20. The van der Waals surface area contributed by atoms with Crippen molar-refractivity contribution in [3.8, 4) is 0 Å². The van der Waals surface area contributed by atoms with E-state index in [9.17, 15) is 4.39 Å². The third-order valence-electron chi connectivity index (χ3n) is 3.19. The molecule has 0 radical (unpaired) electrons. The maximum atomic E-state index is 12.9. The van der Waals surface area contributed by atoms with Crippen LogP contribution in [-0.4, -0.2) is 6.04 Å². The van der Waals surface area contributed by atoms with Crippen LogP contribution in [0.2, 0.25) is 0 Å². The van der Waals surface area contributed by atoms with Gasteiger partial charge in [-0.15, -0.1) is 0 Å². The fourth-order valence-electron chi connectivity index (χ4n) is 1.94. The molecule has 0 aliphatic carbocycles. The average Bonchev–Trinajstić information content (AvgIpc) is 2.28. The molecule has 0 aromatic heterocycles. The van der Waals surface area contributed by atoms with Crippen molar-refractivity contribution >= 4 is 0 Å². The van der Waals surface area contributed by atoms with Crippen LogP contribution >= 0.6 is 0 Å². The standard InChI is InChI=1S/C15H24FN/c1-4-5-6-7-13(3)17-11-14-8-9-15(16)10-12(14)2/h8-10,13,17H,4-7,11H2,1-3H3. The molecule has 1 nitrogen and oxygen atoms in total. The lowest BCUT2D eigenvalue weighted by Gasteiger charge is -2.14. The first kappa shape index (κ1) is 14.2. The van der Waals surface area contributed by atoms with Crippen molar-refractivity contribution < 1.29 is 4.39 Å². The monoisotopic (exact) mass is 237 g/mol. The number of unbranched alkanes of at least 4 members (excludes halogenated alkanes) is 2. The summed E-state index contributed by atoms with van der Waals surface area (Å²) >= 11 is 0.